The van der Waals surface area contributed by atoms with Crippen LogP contribution in [0.5, 0.6) is 0 Å². The highest BCUT2D eigenvalue weighted by atomic mass is 79.9. The molecule has 0 aliphatic rings. The van der Waals surface area contributed by atoms with Gasteiger partial charge in [0.25, 0.3) is 11.6 Å². The van der Waals surface area contributed by atoms with Crippen molar-refractivity contribution in [3.8, 4) is 0 Å². The van der Waals surface area contributed by atoms with Crippen LogP contribution in [0.1, 0.15) is 15.9 Å². The molecule has 0 spiro atoms. The van der Waals surface area contributed by atoms with Gasteiger partial charge in [0.05, 0.1) is 15.6 Å². The molecule has 108 valence electrons. The maximum atomic E-state index is 12.3. The smallest absolute Gasteiger partial charge is 0.283 e. The molecule has 21 heavy (non-hydrogen) atoms. The lowest BCUT2D eigenvalue weighted by Gasteiger charge is -2.09. The number of nitro benzene ring substituents is 1. The van der Waals surface area contributed by atoms with Gasteiger partial charge in [-0.3, -0.25) is 14.9 Å². The quantitative estimate of drug-likeness (QED) is 0.636. The van der Waals surface area contributed by atoms with Crippen molar-refractivity contribution in [1.29, 1.82) is 0 Å². The molecule has 0 radical (unpaired) electrons. The fourth-order valence-corrected chi connectivity index (χ4v) is 2.41. The third kappa shape index (κ3) is 3.40. The van der Waals surface area contributed by atoms with Gasteiger partial charge in [-0.1, -0.05) is 23.7 Å². The van der Waals surface area contributed by atoms with Gasteiger partial charge in [-0.15, -0.1) is 0 Å². The molecule has 1 N–H and O–H groups in total. The standard InChI is InChI=1S/C14H10BrClN2O3/c1-8-5-6-9(15)11(7-8)17-14(19)13-10(16)3-2-4-12(13)18(20)21/h2-7H,1H3,(H,17,19). The van der Waals surface area contributed by atoms with Crippen LogP contribution >= 0.6 is 27.5 Å². The van der Waals surface area contributed by atoms with Crippen LogP contribution in [0.25, 0.3) is 0 Å². The molecule has 0 saturated heterocycles. The molecule has 2 aromatic rings. The minimum atomic E-state index is -0.633. The Morgan fingerprint density at radius 1 is 1.33 bits per heavy atom. The molecule has 0 fully saturated rings. The molecule has 0 bridgehead atoms. The first-order chi connectivity index (χ1) is 9.90. The van der Waals surface area contributed by atoms with E-state index in [4.69, 9.17) is 11.6 Å². The monoisotopic (exact) mass is 368 g/mol. The molecular formula is C14H10BrClN2O3. The van der Waals surface area contributed by atoms with Crippen molar-refractivity contribution in [3.05, 3.63) is 67.1 Å². The normalized spacial score (nSPS) is 10.2. The second-order valence-electron chi connectivity index (χ2n) is 4.33. The Kier molecular flexibility index (Phi) is 4.59. The number of hydrogen-bond donors (Lipinski definition) is 1. The van der Waals surface area contributed by atoms with Crippen LogP contribution < -0.4 is 5.32 Å². The summed E-state index contributed by atoms with van der Waals surface area (Å²) in [5, 5.41) is 13.7. The second kappa shape index (κ2) is 6.24. The highest BCUT2D eigenvalue weighted by molar-refractivity contribution is 9.10. The predicted octanol–water partition coefficient (Wildman–Crippen LogP) is 4.57. The molecule has 0 heterocycles. The lowest BCUT2D eigenvalue weighted by Crippen LogP contribution is -2.15. The summed E-state index contributed by atoms with van der Waals surface area (Å²) < 4.78 is 0.677. The molecule has 7 heteroatoms. The predicted molar refractivity (Wildman–Crippen MR) is 84.9 cm³/mol. The molecule has 0 aromatic heterocycles. The summed E-state index contributed by atoms with van der Waals surface area (Å²) in [6, 6.07) is 9.52. The number of nitrogens with zero attached hydrogens (tertiary/aromatic N) is 1. The van der Waals surface area contributed by atoms with Crippen molar-refractivity contribution in [2.24, 2.45) is 0 Å². The van der Waals surface area contributed by atoms with Gasteiger partial charge in [0.2, 0.25) is 0 Å². The first-order valence-electron chi connectivity index (χ1n) is 5.90. The molecular weight excluding hydrogens is 360 g/mol. The molecule has 0 aliphatic heterocycles. The number of rotatable bonds is 3. The fraction of sp³-hybridized carbons (Fsp3) is 0.0714. The van der Waals surface area contributed by atoms with E-state index < -0.39 is 10.8 Å². The van der Waals surface area contributed by atoms with Gasteiger partial charge in [-0.25, -0.2) is 0 Å². The van der Waals surface area contributed by atoms with Crippen molar-refractivity contribution < 1.29 is 9.72 Å². The zero-order valence-electron chi connectivity index (χ0n) is 10.9. The molecule has 0 atom stereocenters. The minimum absolute atomic E-state index is 0.0328. The molecule has 5 nitrogen and oxygen atoms in total. The highest BCUT2D eigenvalue weighted by Crippen LogP contribution is 2.29. The van der Waals surface area contributed by atoms with Crippen molar-refractivity contribution in [2.75, 3.05) is 5.32 Å². The van der Waals surface area contributed by atoms with Crippen molar-refractivity contribution in [3.63, 3.8) is 0 Å². The van der Waals surface area contributed by atoms with Gasteiger partial charge >= 0.3 is 0 Å². The average molecular weight is 370 g/mol. The molecule has 0 saturated carbocycles. The number of anilines is 1. The van der Waals surface area contributed by atoms with Crippen LogP contribution in [0.2, 0.25) is 5.02 Å². The number of carbonyl (C=O) groups excluding carboxylic acids is 1. The van der Waals surface area contributed by atoms with E-state index in [0.717, 1.165) is 5.56 Å². The van der Waals surface area contributed by atoms with Crippen molar-refractivity contribution in [2.45, 2.75) is 6.92 Å². The Balaban J connectivity index is 2.42. The first kappa shape index (κ1) is 15.5. The summed E-state index contributed by atoms with van der Waals surface area (Å²) in [6.45, 7) is 1.88. The Hall–Kier alpha value is -1.92. The van der Waals surface area contributed by atoms with E-state index >= 15 is 0 Å². The summed E-state index contributed by atoms with van der Waals surface area (Å²) in [5.74, 6) is -0.626. The Bertz CT molecular complexity index is 734. The van der Waals surface area contributed by atoms with Gasteiger partial charge in [0, 0.05) is 10.5 Å². The Morgan fingerprint density at radius 3 is 2.71 bits per heavy atom. The molecule has 0 unspecified atom stereocenters. The number of halogens is 2. The number of nitrogens with one attached hydrogen (secondary N) is 1. The maximum Gasteiger partial charge on any atom is 0.283 e. The first-order valence-corrected chi connectivity index (χ1v) is 7.07. The van der Waals surface area contributed by atoms with Crippen molar-refractivity contribution in [1.82, 2.24) is 0 Å². The largest absolute Gasteiger partial charge is 0.321 e. The fourth-order valence-electron chi connectivity index (χ4n) is 1.81. The van der Waals surface area contributed by atoms with Gasteiger partial charge in [-0.2, -0.15) is 0 Å². The van der Waals surface area contributed by atoms with Crippen LogP contribution in [0, 0.1) is 17.0 Å². The van der Waals surface area contributed by atoms with E-state index in [-0.39, 0.29) is 16.3 Å². The summed E-state index contributed by atoms with van der Waals surface area (Å²) in [6.07, 6.45) is 0. The average Bonchev–Trinajstić information content (AvgIpc) is 2.42. The number of hydrogen-bond acceptors (Lipinski definition) is 3. The summed E-state index contributed by atoms with van der Waals surface area (Å²) in [4.78, 5) is 22.7. The zero-order valence-corrected chi connectivity index (χ0v) is 13.2. The van der Waals surface area contributed by atoms with Gasteiger partial charge in [0.1, 0.15) is 5.56 Å². The Morgan fingerprint density at radius 2 is 2.05 bits per heavy atom. The number of aryl methyl sites for hydroxylation is 1. The maximum absolute atomic E-state index is 12.3. The van der Waals surface area contributed by atoms with E-state index in [9.17, 15) is 14.9 Å². The van der Waals surface area contributed by atoms with E-state index in [0.29, 0.717) is 10.2 Å². The van der Waals surface area contributed by atoms with E-state index in [1.54, 1.807) is 12.1 Å². The van der Waals surface area contributed by atoms with Crippen LogP contribution in [-0.4, -0.2) is 10.8 Å². The molecule has 2 aromatic carbocycles. The van der Waals surface area contributed by atoms with E-state index in [2.05, 4.69) is 21.2 Å². The lowest BCUT2D eigenvalue weighted by molar-refractivity contribution is -0.385. The molecule has 1 amide bonds. The van der Waals surface area contributed by atoms with Crippen LogP contribution in [0.15, 0.2) is 40.9 Å². The number of carbonyl (C=O) groups is 1. The summed E-state index contributed by atoms with van der Waals surface area (Å²) in [5.41, 5.74) is 0.984. The second-order valence-corrected chi connectivity index (χ2v) is 5.59. The van der Waals surface area contributed by atoms with Gasteiger partial charge in [0.15, 0.2) is 0 Å². The van der Waals surface area contributed by atoms with Gasteiger partial charge in [-0.05, 0) is 46.6 Å². The van der Waals surface area contributed by atoms with Crippen LogP contribution in [0.3, 0.4) is 0 Å². The van der Waals surface area contributed by atoms with E-state index in [1.807, 2.05) is 13.0 Å². The SMILES string of the molecule is Cc1ccc(Br)c(NC(=O)c2c(Cl)cccc2[N+](=O)[O-])c1. The minimum Gasteiger partial charge on any atom is -0.321 e. The number of amides is 1. The third-order valence-electron chi connectivity index (χ3n) is 2.79. The Labute approximate surface area is 134 Å². The van der Waals surface area contributed by atoms with Crippen LogP contribution in [-0.2, 0) is 0 Å². The zero-order chi connectivity index (χ0) is 15.6. The number of benzene rings is 2. The number of nitro groups is 1. The molecule has 2 rings (SSSR count). The molecule has 0 aliphatic carbocycles. The van der Waals surface area contributed by atoms with Gasteiger partial charge < -0.3 is 5.32 Å². The summed E-state index contributed by atoms with van der Waals surface area (Å²) in [7, 11) is 0. The topological polar surface area (TPSA) is 72.2 Å². The lowest BCUT2D eigenvalue weighted by atomic mass is 10.1. The van der Waals surface area contributed by atoms with Crippen LogP contribution in [0.4, 0.5) is 11.4 Å². The summed E-state index contributed by atoms with van der Waals surface area (Å²) >= 11 is 9.24. The van der Waals surface area contributed by atoms with Crippen molar-refractivity contribution >= 4 is 44.8 Å². The highest BCUT2D eigenvalue weighted by Gasteiger charge is 2.23. The van der Waals surface area contributed by atoms with E-state index in [1.165, 1.54) is 18.2 Å². The third-order valence-corrected chi connectivity index (χ3v) is 3.79.